The lowest BCUT2D eigenvalue weighted by atomic mass is 10.4. The highest BCUT2D eigenvalue weighted by atomic mass is 79.9. The van der Waals surface area contributed by atoms with Crippen LogP contribution in [-0.4, -0.2) is 25.9 Å². The van der Waals surface area contributed by atoms with Crippen LogP contribution in [0.3, 0.4) is 0 Å². The topological polar surface area (TPSA) is 109 Å². The van der Waals surface area contributed by atoms with E-state index in [2.05, 4.69) is 31.9 Å². The second-order valence-corrected chi connectivity index (χ2v) is 8.53. The quantitative estimate of drug-likeness (QED) is 0.647. The van der Waals surface area contributed by atoms with Crippen molar-refractivity contribution in [2.45, 2.75) is 9.79 Å². The van der Waals surface area contributed by atoms with E-state index < -0.39 is 20.2 Å². The minimum Gasteiger partial charge on any atom is -0.282 e. The molecule has 0 aliphatic carbocycles. The third-order valence-electron chi connectivity index (χ3n) is 2.22. The van der Waals surface area contributed by atoms with Crippen molar-refractivity contribution in [3.8, 4) is 0 Å². The van der Waals surface area contributed by atoms with Gasteiger partial charge in [-0.2, -0.15) is 16.8 Å². The highest BCUT2D eigenvalue weighted by molar-refractivity contribution is 9.10. The van der Waals surface area contributed by atoms with Gasteiger partial charge in [-0.15, -0.1) is 0 Å². The van der Waals surface area contributed by atoms with Crippen molar-refractivity contribution in [2.75, 3.05) is 0 Å². The molecule has 0 radical (unpaired) electrons. The molecule has 0 atom stereocenters. The zero-order valence-corrected chi connectivity index (χ0v) is 15.5. The standard InChI is InChI=1S/2C6H5BrO3S/c2*7-5-1-3-6(4-2-5)11(8,9)10/h2*1-4H,(H,8,9,10). The first kappa shape index (κ1) is 19.3. The Bertz CT molecular complexity index is 755. The van der Waals surface area contributed by atoms with Crippen LogP contribution in [0.15, 0.2) is 67.3 Å². The number of hydrogen-bond donors (Lipinski definition) is 2. The Morgan fingerprint density at radius 3 is 1.00 bits per heavy atom. The Labute approximate surface area is 144 Å². The van der Waals surface area contributed by atoms with Crippen molar-refractivity contribution in [2.24, 2.45) is 0 Å². The Kier molecular flexibility index (Phi) is 6.71. The van der Waals surface area contributed by atoms with E-state index in [9.17, 15) is 16.8 Å². The molecule has 0 aliphatic rings. The summed E-state index contributed by atoms with van der Waals surface area (Å²) in [6, 6.07) is 11.5. The van der Waals surface area contributed by atoms with Crippen LogP contribution in [0.1, 0.15) is 0 Å². The summed E-state index contributed by atoms with van der Waals surface area (Å²) in [4.78, 5) is -0.193. The molecule has 6 nitrogen and oxygen atoms in total. The van der Waals surface area contributed by atoms with Gasteiger partial charge in [-0.05, 0) is 48.5 Å². The zero-order valence-electron chi connectivity index (χ0n) is 10.7. The maximum absolute atomic E-state index is 10.5. The summed E-state index contributed by atoms with van der Waals surface area (Å²) in [7, 11) is -8.08. The van der Waals surface area contributed by atoms with Crippen molar-refractivity contribution in [1.82, 2.24) is 0 Å². The SMILES string of the molecule is O=S(=O)(O)c1ccc(Br)cc1.O=S(=O)(O)c1ccc(Br)cc1. The van der Waals surface area contributed by atoms with Crippen molar-refractivity contribution < 1.29 is 25.9 Å². The minimum absolute atomic E-state index is 0.0966. The smallest absolute Gasteiger partial charge is 0.282 e. The Morgan fingerprint density at radius 1 is 0.591 bits per heavy atom. The molecule has 2 N–H and O–H groups in total. The second kappa shape index (κ2) is 7.66. The molecule has 2 aromatic rings. The van der Waals surface area contributed by atoms with Gasteiger partial charge in [0.1, 0.15) is 0 Å². The Morgan fingerprint density at radius 2 is 0.818 bits per heavy atom. The van der Waals surface area contributed by atoms with E-state index in [1.54, 1.807) is 24.3 Å². The number of benzene rings is 2. The van der Waals surface area contributed by atoms with Gasteiger partial charge in [-0.3, -0.25) is 9.11 Å². The van der Waals surface area contributed by atoms with Crippen LogP contribution in [0, 0.1) is 0 Å². The van der Waals surface area contributed by atoms with E-state index >= 15 is 0 Å². The number of rotatable bonds is 2. The van der Waals surface area contributed by atoms with E-state index in [1.165, 1.54) is 24.3 Å². The molecular formula is C12H10Br2O6S2. The normalized spacial score (nSPS) is 11.5. The van der Waals surface area contributed by atoms with Crippen molar-refractivity contribution in [1.29, 1.82) is 0 Å². The van der Waals surface area contributed by atoms with E-state index in [4.69, 9.17) is 9.11 Å². The van der Waals surface area contributed by atoms with E-state index in [0.717, 1.165) is 8.95 Å². The molecule has 0 amide bonds. The average molecular weight is 474 g/mol. The second-order valence-electron chi connectivity index (χ2n) is 3.86. The van der Waals surface area contributed by atoms with Gasteiger partial charge < -0.3 is 0 Å². The summed E-state index contributed by atoms with van der Waals surface area (Å²) in [6.07, 6.45) is 0. The molecule has 0 fully saturated rings. The first-order valence-corrected chi connectivity index (χ1v) is 9.93. The van der Waals surface area contributed by atoms with Crippen LogP contribution in [0.2, 0.25) is 0 Å². The number of hydrogen-bond acceptors (Lipinski definition) is 4. The summed E-state index contributed by atoms with van der Waals surface area (Å²) in [6.45, 7) is 0. The molecule has 120 valence electrons. The maximum Gasteiger partial charge on any atom is 0.294 e. The number of halogens is 2. The first-order chi connectivity index (χ1) is 10.00. The summed E-state index contributed by atoms with van der Waals surface area (Å²) in [5.74, 6) is 0. The van der Waals surface area contributed by atoms with Crippen LogP contribution < -0.4 is 0 Å². The van der Waals surface area contributed by atoms with Gasteiger partial charge in [0.25, 0.3) is 20.2 Å². The lowest BCUT2D eigenvalue weighted by molar-refractivity contribution is 0.481. The maximum atomic E-state index is 10.5. The molecule has 0 saturated carbocycles. The fourth-order valence-electron chi connectivity index (χ4n) is 1.21. The zero-order chi connectivity index (χ0) is 17.0. The first-order valence-electron chi connectivity index (χ1n) is 5.46. The third-order valence-corrected chi connectivity index (χ3v) is 5.02. The molecule has 10 heteroatoms. The van der Waals surface area contributed by atoms with Crippen molar-refractivity contribution in [3.05, 3.63) is 57.5 Å². The molecule has 0 aromatic heterocycles. The molecule has 0 saturated heterocycles. The lowest BCUT2D eigenvalue weighted by Gasteiger charge is -1.94. The van der Waals surface area contributed by atoms with E-state index in [-0.39, 0.29) is 9.79 Å². The fourth-order valence-corrected chi connectivity index (χ4v) is 2.70. The summed E-state index contributed by atoms with van der Waals surface area (Å²) < 4.78 is 60.5. The van der Waals surface area contributed by atoms with Gasteiger partial charge in [0, 0.05) is 8.95 Å². The van der Waals surface area contributed by atoms with Crippen LogP contribution in [0.4, 0.5) is 0 Å². The van der Waals surface area contributed by atoms with E-state index in [0.29, 0.717) is 0 Å². The largest absolute Gasteiger partial charge is 0.294 e. The average Bonchev–Trinajstić information content (AvgIpc) is 2.38. The fraction of sp³-hybridized carbons (Fsp3) is 0. The highest BCUT2D eigenvalue weighted by Gasteiger charge is 2.07. The van der Waals surface area contributed by atoms with Gasteiger partial charge >= 0.3 is 0 Å². The molecule has 0 spiro atoms. The monoisotopic (exact) mass is 472 g/mol. The highest BCUT2D eigenvalue weighted by Crippen LogP contribution is 2.14. The Hall–Kier alpha value is -0.780. The van der Waals surface area contributed by atoms with Crippen LogP contribution in [0.25, 0.3) is 0 Å². The summed E-state index contributed by atoms with van der Waals surface area (Å²) >= 11 is 6.27. The molecule has 0 unspecified atom stereocenters. The van der Waals surface area contributed by atoms with Crippen LogP contribution in [-0.2, 0) is 20.2 Å². The van der Waals surface area contributed by atoms with Gasteiger partial charge in [0.05, 0.1) is 9.79 Å². The third kappa shape index (κ3) is 6.55. The molecule has 22 heavy (non-hydrogen) atoms. The van der Waals surface area contributed by atoms with Crippen molar-refractivity contribution in [3.63, 3.8) is 0 Å². The van der Waals surface area contributed by atoms with Gasteiger partial charge in [0.2, 0.25) is 0 Å². The summed E-state index contributed by atoms with van der Waals surface area (Å²) in [5.41, 5.74) is 0. The molecule has 0 bridgehead atoms. The Balaban J connectivity index is 0.000000220. The van der Waals surface area contributed by atoms with Gasteiger partial charge in [-0.25, -0.2) is 0 Å². The van der Waals surface area contributed by atoms with Crippen molar-refractivity contribution >= 4 is 52.1 Å². The predicted octanol–water partition coefficient (Wildman–Crippen LogP) is 3.39. The molecular weight excluding hydrogens is 464 g/mol. The lowest BCUT2D eigenvalue weighted by Crippen LogP contribution is -1.96. The van der Waals surface area contributed by atoms with Gasteiger partial charge in [-0.1, -0.05) is 31.9 Å². The minimum atomic E-state index is -4.04. The van der Waals surface area contributed by atoms with Crippen LogP contribution >= 0.6 is 31.9 Å². The predicted molar refractivity (Wildman–Crippen MR) is 87.9 cm³/mol. The van der Waals surface area contributed by atoms with Crippen LogP contribution in [0.5, 0.6) is 0 Å². The summed E-state index contributed by atoms with van der Waals surface area (Å²) in [5, 5.41) is 0. The molecule has 0 aliphatic heterocycles. The molecule has 2 aromatic carbocycles. The molecule has 2 rings (SSSR count). The van der Waals surface area contributed by atoms with E-state index in [1.807, 2.05) is 0 Å². The molecule has 0 heterocycles. The van der Waals surface area contributed by atoms with Gasteiger partial charge in [0.15, 0.2) is 0 Å².